The third-order valence-corrected chi connectivity index (χ3v) is 0. The van der Waals surface area contributed by atoms with E-state index >= 15 is 0 Å². The van der Waals surface area contributed by atoms with Crippen molar-refractivity contribution in [2.45, 2.75) is 0 Å². The van der Waals surface area contributed by atoms with Gasteiger partial charge in [-0.25, -0.2) is 0 Å². The Labute approximate surface area is 74.2 Å². The largest absolute Gasteiger partial charge is 0.316 e. The summed E-state index contributed by atoms with van der Waals surface area (Å²) in [6.07, 6.45) is 0. The van der Waals surface area contributed by atoms with E-state index in [-0.39, 0.29) is 60.8 Å². The third kappa shape index (κ3) is 8.97. The van der Waals surface area contributed by atoms with E-state index in [1.807, 2.05) is 0 Å². The first-order valence-corrected chi connectivity index (χ1v) is 0.866. The van der Waals surface area contributed by atoms with Gasteiger partial charge in [-0.05, 0) is 0 Å². The van der Waals surface area contributed by atoms with Crippen LogP contribution < -0.4 is 0 Å². The average molecular weight is 115 g/mol. The Bertz CT molecular complexity index is 8.00. The third-order valence-electron chi connectivity index (χ3n) is 0. The van der Waals surface area contributed by atoms with Crippen LogP contribution in [0.25, 0.3) is 0 Å². The topological polar surface area (TPSA) is 17.1 Å². The Morgan fingerprint density at radius 3 is 1.25 bits per heavy atom. The van der Waals surface area contributed by atoms with Crippen LogP contribution in [0.5, 0.6) is 0 Å². The Balaban J connectivity index is -0.00000000500. The molecule has 0 aliphatic carbocycles. The van der Waals surface area contributed by atoms with Crippen molar-refractivity contribution < 1.29 is 4.46 Å². The number of rotatable bonds is 0. The van der Waals surface area contributed by atoms with E-state index in [4.69, 9.17) is 4.46 Å². The standard InChI is InChI=1S/Ca.Mg.H2OSi.4H/c;;1-2;;;;/h;;2H2;;;;. The fourth-order valence-corrected chi connectivity index (χ4v) is 0. The van der Waals surface area contributed by atoms with Crippen molar-refractivity contribution in [2.75, 3.05) is 0 Å². The zero-order valence-corrected chi connectivity index (χ0v) is 2.53. The van der Waals surface area contributed by atoms with Crippen LogP contribution in [0.2, 0.25) is 0 Å². The predicted octanol–water partition coefficient (Wildman–Crippen LogP) is -2.87. The summed E-state index contributed by atoms with van der Waals surface area (Å²) in [6.45, 7) is 0. The molecule has 0 aromatic heterocycles. The van der Waals surface area contributed by atoms with Crippen molar-refractivity contribution in [3.8, 4) is 0 Å². The molecule has 4 heteroatoms. The summed E-state index contributed by atoms with van der Waals surface area (Å²) in [4.78, 5) is 0. The normalized spacial score (nSPS) is 1.00. The maximum absolute atomic E-state index is 8.28. The quantitative estimate of drug-likeness (QED) is 0.310. The second kappa shape index (κ2) is 19.8. The molecule has 0 aromatic rings. The van der Waals surface area contributed by atoms with E-state index in [1.54, 1.807) is 0 Å². The number of hydrogen-bond donors (Lipinski definition) is 0. The van der Waals surface area contributed by atoms with Crippen molar-refractivity contribution >= 4 is 70.9 Å². The van der Waals surface area contributed by atoms with E-state index in [1.165, 1.54) is 0 Å². The zero-order valence-electron chi connectivity index (χ0n) is 1.12. The van der Waals surface area contributed by atoms with Gasteiger partial charge >= 0.3 is 60.8 Å². The second-order valence-corrected chi connectivity index (χ2v) is 0. The first-order chi connectivity index (χ1) is 1.00. The minimum Gasteiger partial charge on any atom is 0.316 e. The van der Waals surface area contributed by atoms with E-state index in [0.717, 1.165) is 0 Å². The molecule has 0 spiro atoms. The molecule has 0 aliphatic heterocycles. The maximum atomic E-state index is 8.28. The van der Waals surface area contributed by atoms with Gasteiger partial charge in [-0.2, -0.15) is 0 Å². The molecule has 0 N–H and O–H groups in total. The molecular formula is H6CaMgOSi. The molecule has 1 nitrogen and oxygen atoms in total. The van der Waals surface area contributed by atoms with Gasteiger partial charge in [0.05, 0.1) is 0 Å². The Morgan fingerprint density at radius 2 is 1.25 bits per heavy atom. The van der Waals surface area contributed by atoms with E-state index < -0.39 is 0 Å². The SMILES string of the molecule is O=[SiH2].[CaH2].[MgH2]. The van der Waals surface area contributed by atoms with Gasteiger partial charge in [-0.3, -0.25) is 0 Å². The Hall–Kier alpha value is 2.04. The Kier molecular flexibility index (Phi) is 82.0. The summed E-state index contributed by atoms with van der Waals surface area (Å²) in [6, 6.07) is 0. The van der Waals surface area contributed by atoms with Gasteiger partial charge < -0.3 is 4.46 Å². The molecule has 0 aliphatic rings. The van der Waals surface area contributed by atoms with Crippen molar-refractivity contribution in [1.82, 2.24) is 0 Å². The molecule has 0 atom stereocenters. The molecule has 20 valence electrons. The van der Waals surface area contributed by atoms with Gasteiger partial charge in [-0.15, -0.1) is 0 Å². The summed E-state index contributed by atoms with van der Waals surface area (Å²) in [7, 11) is 0.611. The summed E-state index contributed by atoms with van der Waals surface area (Å²) >= 11 is 0. The first-order valence-electron chi connectivity index (χ1n) is 0.289. The Morgan fingerprint density at radius 1 is 1.25 bits per heavy atom. The molecule has 0 saturated heterocycles. The fourth-order valence-electron chi connectivity index (χ4n) is 0. The molecule has 0 rings (SSSR count). The van der Waals surface area contributed by atoms with Crippen LogP contribution in [0, 0.1) is 0 Å². The predicted molar refractivity (Wildman–Crippen MR) is 26.3 cm³/mol. The molecule has 0 heterocycles. The molecule has 0 fully saturated rings. The van der Waals surface area contributed by atoms with E-state index in [2.05, 4.69) is 0 Å². The van der Waals surface area contributed by atoms with E-state index in [9.17, 15) is 0 Å². The van der Waals surface area contributed by atoms with Crippen LogP contribution in [0.4, 0.5) is 0 Å². The van der Waals surface area contributed by atoms with Gasteiger partial charge in [-0.1, -0.05) is 0 Å². The maximum Gasteiger partial charge on any atom is 0.316 e. The van der Waals surface area contributed by atoms with Crippen molar-refractivity contribution in [2.24, 2.45) is 0 Å². The van der Waals surface area contributed by atoms with Crippen LogP contribution >= 0.6 is 0 Å². The van der Waals surface area contributed by atoms with Gasteiger partial charge in [0, 0.05) is 0 Å². The summed E-state index contributed by atoms with van der Waals surface area (Å²) in [5, 5.41) is 0. The molecule has 0 radical (unpaired) electrons. The van der Waals surface area contributed by atoms with Crippen LogP contribution in [-0.2, 0) is 4.46 Å². The zero-order chi connectivity index (χ0) is 2.00. The fraction of sp³-hybridized carbons (Fsp3) is 0. The van der Waals surface area contributed by atoms with Gasteiger partial charge in [0.15, 0.2) is 0 Å². The minimum absolute atomic E-state index is 0. The smallest absolute Gasteiger partial charge is 0.316 e. The van der Waals surface area contributed by atoms with Crippen molar-refractivity contribution in [3.63, 3.8) is 0 Å². The van der Waals surface area contributed by atoms with Crippen LogP contribution in [0.1, 0.15) is 0 Å². The molecule has 0 unspecified atom stereocenters. The molecule has 0 amide bonds. The summed E-state index contributed by atoms with van der Waals surface area (Å²) in [5.74, 6) is 0. The number of hydrogen-bond acceptors (Lipinski definition) is 1. The van der Waals surface area contributed by atoms with E-state index in [0.29, 0.717) is 10.1 Å². The van der Waals surface area contributed by atoms with Crippen molar-refractivity contribution in [3.05, 3.63) is 0 Å². The molecule has 0 bridgehead atoms. The second-order valence-electron chi connectivity index (χ2n) is 0. The molecule has 0 saturated carbocycles. The minimum atomic E-state index is 0. The van der Waals surface area contributed by atoms with Crippen LogP contribution in [0.3, 0.4) is 0 Å². The molecule has 0 aromatic carbocycles. The summed E-state index contributed by atoms with van der Waals surface area (Å²) < 4.78 is 8.28. The summed E-state index contributed by atoms with van der Waals surface area (Å²) in [5.41, 5.74) is 0. The van der Waals surface area contributed by atoms with Crippen LogP contribution in [-0.4, -0.2) is 70.9 Å². The first kappa shape index (κ1) is 16.6. The molecular weight excluding hydrogens is 108 g/mol. The van der Waals surface area contributed by atoms with Gasteiger partial charge in [0.1, 0.15) is 0 Å². The monoisotopic (exact) mass is 114 g/mol. The van der Waals surface area contributed by atoms with Crippen LogP contribution in [0.15, 0.2) is 0 Å². The molecule has 4 heavy (non-hydrogen) atoms. The average Bonchev–Trinajstić information content (AvgIpc) is 1.00. The van der Waals surface area contributed by atoms with Gasteiger partial charge in [0.2, 0.25) is 10.1 Å². The van der Waals surface area contributed by atoms with Crippen molar-refractivity contribution in [1.29, 1.82) is 0 Å². The van der Waals surface area contributed by atoms with Gasteiger partial charge in [0.25, 0.3) is 0 Å².